The Morgan fingerprint density at radius 1 is 0.694 bits per heavy atom. The molecule has 0 spiro atoms. The lowest BCUT2D eigenvalue weighted by Crippen LogP contribution is -2.34. The third-order valence-electron chi connectivity index (χ3n) is 10.4. The van der Waals surface area contributed by atoms with Crippen molar-refractivity contribution in [2.45, 2.75) is 91.0 Å². The number of halogens is 2. The molecule has 0 fully saturated rings. The molecule has 1 aliphatic heterocycles. The van der Waals surface area contributed by atoms with Gasteiger partial charge in [0, 0.05) is 67.0 Å². The Morgan fingerprint density at radius 2 is 1.29 bits per heavy atom. The van der Waals surface area contributed by atoms with E-state index >= 15 is 8.78 Å². The van der Waals surface area contributed by atoms with Crippen LogP contribution in [0.3, 0.4) is 0 Å². The molecular formula is C49H67F2N3O17S. The minimum Gasteiger partial charge on any atom is -0.493 e. The molecule has 3 aromatic rings. The lowest BCUT2D eigenvalue weighted by molar-refractivity contribution is -0.150. The molecule has 0 radical (unpaired) electrons. The zero-order chi connectivity index (χ0) is 52.6. The maximum absolute atomic E-state index is 15.9. The molecule has 1 aliphatic rings. The molecule has 0 saturated carbocycles. The number of hydrogen-bond acceptors (Lipinski definition) is 18. The first kappa shape index (κ1) is 58.7. The van der Waals surface area contributed by atoms with Crippen LogP contribution < -0.4 is 29.6 Å². The zero-order valence-corrected chi connectivity index (χ0v) is 42.8. The summed E-state index contributed by atoms with van der Waals surface area (Å²) in [7, 11) is 3.94. The number of ketones is 1. The molecule has 2 aromatic carbocycles. The van der Waals surface area contributed by atoms with Crippen molar-refractivity contribution in [2.24, 2.45) is 0 Å². The molecular weight excluding hydrogens is 973 g/mol. The van der Waals surface area contributed by atoms with Crippen molar-refractivity contribution >= 4 is 57.1 Å². The van der Waals surface area contributed by atoms with Gasteiger partial charge in [-0.15, -0.1) is 11.3 Å². The van der Waals surface area contributed by atoms with Gasteiger partial charge in [-0.1, -0.05) is 0 Å². The van der Waals surface area contributed by atoms with Crippen molar-refractivity contribution in [1.29, 1.82) is 0 Å². The molecule has 72 heavy (non-hydrogen) atoms. The predicted molar refractivity (Wildman–Crippen MR) is 257 cm³/mol. The smallest absolute Gasteiger partial charge is 0.407 e. The third-order valence-corrected chi connectivity index (χ3v) is 11.5. The fourth-order valence-electron chi connectivity index (χ4n) is 6.80. The second kappa shape index (κ2) is 30.2. The summed E-state index contributed by atoms with van der Waals surface area (Å²) < 4.78 is 91.1. The standard InChI is InChI=1S/C49H67F2N3O17S/c1-31(28-53-40(56)13-17-64-19-21-66-23-24-67-22-20-65-18-14-52-48(60)71-49(2,3)4)70-43(59)12-10-41(57)54-29-32-25-36(61-5)46(45(51)34(32)30-54)68-15-8-16-69-47-37(62-6)27-38-33(44(47)50)26-39(72-38)35(55)9-11-42(58)63-7/h25-27,31H,8-24,28-30H2,1-7H3,(H,52,60)(H,53,56)/t31-/m0/s1. The lowest BCUT2D eigenvalue weighted by atomic mass is 10.1. The molecule has 2 heterocycles. The number of thiophene rings is 1. The van der Waals surface area contributed by atoms with Crippen LogP contribution in [0, 0.1) is 11.6 Å². The van der Waals surface area contributed by atoms with E-state index in [4.69, 9.17) is 47.4 Å². The van der Waals surface area contributed by atoms with Crippen molar-refractivity contribution in [3.63, 3.8) is 0 Å². The Hall–Kier alpha value is -5.88. The number of alkyl carbamates (subject to hydrolysis) is 1. The monoisotopic (exact) mass is 1040 g/mol. The Morgan fingerprint density at radius 3 is 1.92 bits per heavy atom. The van der Waals surface area contributed by atoms with E-state index in [2.05, 4.69) is 15.4 Å². The molecule has 2 N–H and O–H groups in total. The van der Waals surface area contributed by atoms with Crippen LogP contribution in [-0.2, 0) is 65.4 Å². The van der Waals surface area contributed by atoms with Crippen molar-refractivity contribution in [3.05, 3.63) is 45.8 Å². The highest BCUT2D eigenvalue weighted by Crippen LogP contribution is 2.41. The van der Waals surface area contributed by atoms with E-state index in [9.17, 15) is 28.8 Å². The topological polar surface area (TPSA) is 231 Å². The van der Waals surface area contributed by atoms with Gasteiger partial charge in [0.25, 0.3) is 0 Å². The highest BCUT2D eigenvalue weighted by molar-refractivity contribution is 7.20. The lowest BCUT2D eigenvalue weighted by Gasteiger charge is -2.19. The maximum atomic E-state index is 15.9. The van der Waals surface area contributed by atoms with Crippen LogP contribution in [0.2, 0.25) is 0 Å². The Kier molecular flexibility index (Phi) is 24.6. The highest BCUT2D eigenvalue weighted by Gasteiger charge is 2.31. The Labute approximate surface area is 421 Å². The van der Waals surface area contributed by atoms with E-state index in [1.807, 2.05) is 0 Å². The number of methoxy groups -OCH3 is 3. The summed E-state index contributed by atoms with van der Waals surface area (Å²) in [6.45, 7) is 9.81. The number of benzene rings is 2. The molecule has 4 rings (SSSR count). The summed E-state index contributed by atoms with van der Waals surface area (Å²) in [5.41, 5.74) is 0.198. The van der Waals surface area contributed by atoms with Crippen LogP contribution in [0.4, 0.5) is 13.6 Å². The van der Waals surface area contributed by atoms with Crippen LogP contribution in [0.25, 0.3) is 10.1 Å². The van der Waals surface area contributed by atoms with Gasteiger partial charge >= 0.3 is 18.0 Å². The third kappa shape index (κ3) is 19.6. The number of amides is 3. The van der Waals surface area contributed by atoms with Gasteiger partial charge in [0.15, 0.2) is 40.4 Å². The number of Topliss-reactive ketones (excluding diaryl/α,β-unsaturated/α-hetero) is 1. The van der Waals surface area contributed by atoms with E-state index in [1.54, 1.807) is 39.8 Å². The number of fused-ring (bicyclic) bond motifs is 2. The number of ether oxygens (including phenoxy) is 11. The number of carbonyl (C=O) groups is 6. The predicted octanol–water partition coefficient (Wildman–Crippen LogP) is 5.83. The number of nitrogens with zero attached hydrogens (tertiary/aromatic N) is 1. The van der Waals surface area contributed by atoms with Gasteiger partial charge in [-0.25, -0.2) is 13.6 Å². The van der Waals surface area contributed by atoms with Gasteiger partial charge in [0.1, 0.15) is 11.7 Å². The van der Waals surface area contributed by atoms with E-state index in [-0.39, 0.29) is 135 Å². The molecule has 3 amide bonds. The van der Waals surface area contributed by atoms with Crippen LogP contribution in [-0.4, -0.2) is 153 Å². The summed E-state index contributed by atoms with van der Waals surface area (Å²) in [4.78, 5) is 75.3. The zero-order valence-electron chi connectivity index (χ0n) is 42.0. The van der Waals surface area contributed by atoms with E-state index in [0.717, 1.165) is 11.3 Å². The second-order valence-electron chi connectivity index (χ2n) is 17.1. The minimum absolute atomic E-state index is 0.0480. The fraction of sp³-hybridized carbons (Fsp3) is 0.592. The van der Waals surface area contributed by atoms with Crippen molar-refractivity contribution in [1.82, 2.24) is 15.5 Å². The van der Waals surface area contributed by atoms with Crippen molar-refractivity contribution < 1.29 is 89.7 Å². The number of nitrogens with one attached hydrogen (secondary N) is 2. The van der Waals surface area contributed by atoms with Gasteiger partial charge in [0.05, 0.1) is 112 Å². The molecule has 0 aliphatic carbocycles. The fourth-order valence-corrected chi connectivity index (χ4v) is 7.85. The largest absolute Gasteiger partial charge is 0.493 e. The first-order chi connectivity index (χ1) is 34.4. The molecule has 23 heteroatoms. The second-order valence-corrected chi connectivity index (χ2v) is 18.2. The summed E-state index contributed by atoms with van der Waals surface area (Å²) >= 11 is 1.07. The molecule has 1 aromatic heterocycles. The van der Waals surface area contributed by atoms with E-state index < -0.39 is 47.3 Å². The SMILES string of the molecule is COC(=O)CCC(=O)c1cc2c(F)c(OCCCOc3c(OC)cc4c(c3F)CN(C(=O)CCC(=O)O[C@@H](C)CNC(=O)CCOCCOCCOCCOCCNC(=O)OC(C)(C)C)C4)c(OC)cc2s1. The Balaban J connectivity index is 1.07. The number of carbonyl (C=O) groups excluding carboxylic acids is 6. The van der Waals surface area contributed by atoms with Crippen LogP contribution in [0.15, 0.2) is 18.2 Å². The van der Waals surface area contributed by atoms with Crippen LogP contribution in [0.1, 0.15) is 87.0 Å². The average molecular weight is 1040 g/mol. The van der Waals surface area contributed by atoms with E-state index in [0.29, 0.717) is 56.4 Å². The van der Waals surface area contributed by atoms with Gasteiger partial charge in [0.2, 0.25) is 11.8 Å². The highest BCUT2D eigenvalue weighted by atomic mass is 32.1. The minimum atomic E-state index is -0.728. The molecule has 1 atom stereocenters. The molecule has 20 nitrogen and oxygen atoms in total. The first-order valence-corrected chi connectivity index (χ1v) is 24.3. The molecule has 0 bridgehead atoms. The number of rotatable bonds is 33. The summed E-state index contributed by atoms with van der Waals surface area (Å²) in [5.74, 6) is -3.73. The normalized spacial score (nSPS) is 12.5. The van der Waals surface area contributed by atoms with Gasteiger partial charge < -0.3 is 67.6 Å². The maximum Gasteiger partial charge on any atom is 0.407 e. The molecule has 0 unspecified atom stereocenters. The Bertz CT molecular complexity index is 2290. The average Bonchev–Trinajstić information content (AvgIpc) is 3.99. The quantitative estimate of drug-likeness (QED) is 0.0316. The van der Waals surface area contributed by atoms with Gasteiger partial charge in [-0.2, -0.15) is 0 Å². The summed E-state index contributed by atoms with van der Waals surface area (Å²) in [5, 5.41) is 5.44. The molecule has 400 valence electrons. The van der Waals surface area contributed by atoms with Gasteiger partial charge in [-0.05, 0) is 45.4 Å². The van der Waals surface area contributed by atoms with Gasteiger partial charge in [-0.3, -0.25) is 24.0 Å². The first-order valence-electron chi connectivity index (χ1n) is 23.5. The van der Waals surface area contributed by atoms with Crippen LogP contribution in [0.5, 0.6) is 23.0 Å². The number of esters is 2. The van der Waals surface area contributed by atoms with Crippen LogP contribution >= 0.6 is 11.3 Å². The van der Waals surface area contributed by atoms with Crippen molar-refractivity contribution in [2.75, 3.05) is 100 Å². The molecule has 0 saturated heterocycles. The summed E-state index contributed by atoms with van der Waals surface area (Å²) in [6, 6.07) is 4.55. The van der Waals surface area contributed by atoms with E-state index in [1.165, 1.54) is 32.3 Å². The number of hydrogen-bond donors (Lipinski definition) is 2. The van der Waals surface area contributed by atoms with Crippen molar-refractivity contribution in [3.8, 4) is 23.0 Å². The summed E-state index contributed by atoms with van der Waals surface area (Å²) in [6.07, 6.45) is -1.48.